The molecule has 25 heavy (non-hydrogen) atoms. The van der Waals surface area contributed by atoms with Crippen LogP contribution in [0.25, 0.3) is 34.2 Å². The lowest BCUT2D eigenvalue weighted by atomic mass is 10.1. The second-order valence-electron chi connectivity index (χ2n) is 5.69. The molecule has 122 valence electrons. The Hall–Kier alpha value is -3.47. The molecule has 0 spiro atoms. The standard InChI is InChI=1S/C20H14N2O3/c1-13-5-7-14(8-6-13)19-21-20(25-22-19)16-4-2-3-15(11-16)18-10-9-17(12-23)24-18/h2-12H,1H3. The van der Waals surface area contributed by atoms with E-state index in [4.69, 9.17) is 8.94 Å². The number of nitrogens with zero attached hydrogens (tertiary/aromatic N) is 2. The summed E-state index contributed by atoms with van der Waals surface area (Å²) >= 11 is 0. The minimum Gasteiger partial charge on any atom is -0.453 e. The van der Waals surface area contributed by atoms with E-state index in [1.165, 1.54) is 5.56 Å². The summed E-state index contributed by atoms with van der Waals surface area (Å²) in [5, 5.41) is 4.06. The van der Waals surface area contributed by atoms with E-state index in [-0.39, 0.29) is 0 Å². The van der Waals surface area contributed by atoms with Gasteiger partial charge in [0.25, 0.3) is 5.89 Å². The number of aldehydes is 1. The Labute approximate surface area is 143 Å². The van der Waals surface area contributed by atoms with E-state index in [0.717, 1.165) is 16.7 Å². The summed E-state index contributed by atoms with van der Waals surface area (Å²) in [7, 11) is 0. The molecule has 5 heteroatoms. The predicted octanol–water partition coefficient (Wildman–Crippen LogP) is 4.78. The van der Waals surface area contributed by atoms with Crippen molar-refractivity contribution in [2.75, 3.05) is 0 Å². The third kappa shape index (κ3) is 2.99. The number of hydrogen-bond acceptors (Lipinski definition) is 5. The van der Waals surface area contributed by atoms with Crippen molar-refractivity contribution < 1.29 is 13.7 Å². The van der Waals surface area contributed by atoms with Gasteiger partial charge in [0.05, 0.1) is 0 Å². The van der Waals surface area contributed by atoms with Gasteiger partial charge in [-0.2, -0.15) is 4.98 Å². The van der Waals surface area contributed by atoms with Gasteiger partial charge < -0.3 is 8.94 Å². The molecule has 0 saturated carbocycles. The molecule has 0 atom stereocenters. The number of carbonyl (C=O) groups is 1. The maximum atomic E-state index is 10.8. The Balaban J connectivity index is 1.67. The Morgan fingerprint density at radius 3 is 2.48 bits per heavy atom. The molecule has 0 fully saturated rings. The van der Waals surface area contributed by atoms with Gasteiger partial charge in [0.15, 0.2) is 12.0 Å². The van der Waals surface area contributed by atoms with Crippen LogP contribution in [0.5, 0.6) is 0 Å². The molecule has 4 aromatic rings. The first-order chi connectivity index (χ1) is 12.2. The summed E-state index contributed by atoms with van der Waals surface area (Å²) in [6.07, 6.45) is 0.680. The van der Waals surface area contributed by atoms with Crippen molar-refractivity contribution >= 4 is 6.29 Å². The molecule has 0 unspecified atom stereocenters. The van der Waals surface area contributed by atoms with E-state index < -0.39 is 0 Å². The van der Waals surface area contributed by atoms with Crippen molar-refractivity contribution in [3.05, 3.63) is 72.0 Å². The van der Waals surface area contributed by atoms with Crippen LogP contribution in [-0.2, 0) is 0 Å². The predicted molar refractivity (Wildman–Crippen MR) is 93.0 cm³/mol. The summed E-state index contributed by atoms with van der Waals surface area (Å²) < 4.78 is 10.9. The number of aryl methyl sites for hydroxylation is 1. The van der Waals surface area contributed by atoms with Gasteiger partial charge in [0.1, 0.15) is 5.76 Å². The zero-order valence-electron chi connectivity index (χ0n) is 13.5. The molecule has 2 aromatic carbocycles. The van der Waals surface area contributed by atoms with E-state index in [1.807, 2.05) is 55.5 Å². The average molecular weight is 330 g/mol. The zero-order valence-corrected chi connectivity index (χ0v) is 13.5. The largest absolute Gasteiger partial charge is 0.453 e. The lowest BCUT2D eigenvalue weighted by Crippen LogP contribution is -1.82. The molecule has 4 rings (SSSR count). The molecular formula is C20H14N2O3. The third-order valence-electron chi connectivity index (χ3n) is 3.87. The number of aromatic nitrogens is 2. The normalized spacial score (nSPS) is 10.8. The van der Waals surface area contributed by atoms with E-state index in [9.17, 15) is 4.79 Å². The van der Waals surface area contributed by atoms with Crippen LogP contribution in [0.2, 0.25) is 0 Å². The quantitative estimate of drug-likeness (QED) is 0.503. The molecule has 0 aliphatic carbocycles. The van der Waals surface area contributed by atoms with Gasteiger partial charge in [-0.3, -0.25) is 4.79 Å². The number of hydrogen-bond donors (Lipinski definition) is 0. The smallest absolute Gasteiger partial charge is 0.258 e. The van der Waals surface area contributed by atoms with Crippen LogP contribution in [0, 0.1) is 6.92 Å². The Kier molecular flexibility index (Phi) is 3.74. The van der Waals surface area contributed by atoms with Gasteiger partial charge in [-0.1, -0.05) is 47.1 Å². The van der Waals surface area contributed by atoms with Crippen LogP contribution < -0.4 is 0 Å². The van der Waals surface area contributed by atoms with Crippen LogP contribution in [0.15, 0.2) is 69.6 Å². The number of furan rings is 1. The van der Waals surface area contributed by atoms with Crippen molar-refractivity contribution in [1.82, 2.24) is 10.1 Å². The third-order valence-corrected chi connectivity index (χ3v) is 3.87. The fourth-order valence-corrected chi connectivity index (χ4v) is 2.54. The molecule has 5 nitrogen and oxygen atoms in total. The highest BCUT2D eigenvalue weighted by Crippen LogP contribution is 2.28. The molecule has 2 aromatic heterocycles. The van der Waals surface area contributed by atoms with E-state index in [1.54, 1.807) is 12.1 Å². The summed E-state index contributed by atoms with van der Waals surface area (Å²) in [6.45, 7) is 2.03. The van der Waals surface area contributed by atoms with Crippen LogP contribution in [0.4, 0.5) is 0 Å². The fraction of sp³-hybridized carbons (Fsp3) is 0.0500. The molecule has 2 heterocycles. The van der Waals surface area contributed by atoms with Crippen molar-refractivity contribution in [3.63, 3.8) is 0 Å². The van der Waals surface area contributed by atoms with Crippen LogP contribution in [0.3, 0.4) is 0 Å². The second-order valence-corrected chi connectivity index (χ2v) is 5.69. The lowest BCUT2D eigenvalue weighted by Gasteiger charge is -1.99. The van der Waals surface area contributed by atoms with Gasteiger partial charge in [0, 0.05) is 16.7 Å². The Morgan fingerprint density at radius 1 is 0.920 bits per heavy atom. The van der Waals surface area contributed by atoms with E-state index >= 15 is 0 Å². The van der Waals surface area contributed by atoms with E-state index in [2.05, 4.69) is 10.1 Å². The molecule has 0 N–H and O–H groups in total. The maximum absolute atomic E-state index is 10.8. The number of benzene rings is 2. The molecule has 0 amide bonds. The first-order valence-corrected chi connectivity index (χ1v) is 7.79. The summed E-state index contributed by atoms with van der Waals surface area (Å²) in [4.78, 5) is 15.2. The minimum atomic E-state index is 0.292. The van der Waals surface area contributed by atoms with Crippen molar-refractivity contribution in [3.8, 4) is 34.2 Å². The highest BCUT2D eigenvalue weighted by Gasteiger charge is 2.12. The van der Waals surface area contributed by atoms with Crippen molar-refractivity contribution in [2.45, 2.75) is 6.92 Å². The topological polar surface area (TPSA) is 69.1 Å². The summed E-state index contributed by atoms with van der Waals surface area (Å²) in [5.41, 5.74) is 3.69. The number of rotatable bonds is 4. The monoisotopic (exact) mass is 330 g/mol. The molecule has 0 bridgehead atoms. The maximum Gasteiger partial charge on any atom is 0.258 e. The highest BCUT2D eigenvalue weighted by atomic mass is 16.5. The molecule has 0 radical (unpaired) electrons. The van der Waals surface area contributed by atoms with E-state index in [0.29, 0.717) is 29.5 Å². The molecule has 0 saturated heterocycles. The number of carbonyl (C=O) groups excluding carboxylic acids is 1. The lowest BCUT2D eigenvalue weighted by molar-refractivity contribution is 0.110. The first kappa shape index (κ1) is 15.1. The van der Waals surface area contributed by atoms with Crippen molar-refractivity contribution in [1.29, 1.82) is 0 Å². The van der Waals surface area contributed by atoms with Crippen molar-refractivity contribution in [2.24, 2.45) is 0 Å². The van der Waals surface area contributed by atoms with Gasteiger partial charge in [-0.05, 0) is 31.2 Å². The van der Waals surface area contributed by atoms with Crippen LogP contribution >= 0.6 is 0 Å². The summed E-state index contributed by atoms with van der Waals surface area (Å²) in [6, 6.07) is 18.9. The molecule has 0 aliphatic heterocycles. The molecule has 0 aliphatic rings. The minimum absolute atomic E-state index is 0.292. The fourth-order valence-electron chi connectivity index (χ4n) is 2.54. The van der Waals surface area contributed by atoms with Gasteiger partial charge >= 0.3 is 0 Å². The molecular weight excluding hydrogens is 316 g/mol. The SMILES string of the molecule is Cc1ccc(-c2noc(-c3cccc(-c4ccc(C=O)o4)c3)n2)cc1. The summed E-state index contributed by atoms with van der Waals surface area (Å²) in [5.74, 6) is 1.88. The zero-order chi connectivity index (χ0) is 17.2. The van der Waals surface area contributed by atoms with Gasteiger partial charge in [-0.15, -0.1) is 0 Å². The Bertz CT molecular complexity index is 1030. The van der Waals surface area contributed by atoms with Gasteiger partial charge in [-0.25, -0.2) is 0 Å². The van der Waals surface area contributed by atoms with Crippen LogP contribution in [0.1, 0.15) is 16.1 Å². The van der Waals surface area contributed by atoms with Gasteiger partial charge in [0.2, 0.25) is 5.82 Å². The second kappa shape index (κ2) is 6.20. The first-order valence-electron chi connectivity index (χ1n) is 7.79. The Morgan fingerprint density at radius 2 is 1.72 bits per heavy atom. The highest BCUT2D eigenvalue weighted by molar-refractivity contribution is 5.74. The van der Waals surface area contributed by atoms with Crippen LogP contribution in [-0.4, -0.2) is 16.4 Å². The average Bonchev–Trinajstić information content (AvgIpc) is 3.32.